The third-order valence-corrected chi connectivity index (χ3v) is 4.90. The third kappa shape index (κ3) is 2.09. The fourth-order valence-corrected chi connectivity index (χ4v) is 3.76. The summed E-state index contributed by atoms with van der Waals surface area (Å²) in [5.74, 6) is -0.00986. The van der Waals surface area contributed by atoms with E-state index >= 15 is 0 Å². The van der Waals surface area contributed by atoms with Gasteiger partial charge in [0.1, 0.15) is 0 Å². The number of phenolic OH excluding ortho intramolecular Hbond substituents is 2. The van der Waals surface area contributed by atoms with Crippen molar-refractivity contribution in [3.05, 3.63) is 58.7 Å². The summed E-state index contributed by atoms with van der Waals surface area (Å²) in [7, 11) is 0. The highest BCUT2D eigenvalue weighted by Crippen LogP contribution is 2.39. The predicted molar refractivity (Wildman–Crippen MR) is 81.6 cm³/mol. The molecule has 0 saturated heterocycles. The van der Waals surface area contributed by atoms with E-state index in [0.29, 0.717) is 6.04 Å². The molecule has 2 aliphatic rings. The van der Waals surface area contributed by atoms with Crippen molar-refractivity contribution >= 4 is 0 Å². The van der Waals surface area contributed by atoms with Gasteiger partial charge in [0.05, 0.1) is 0 Å². The first-order valence-corrected chi connectivity index (χ1v) is 7.58. The topological polar surface area (TPSA) is 43.7 Å². The summed E-state index contributed by atoms with van der Waals surface area (Å²) < 4.78 is 0. The molecule has 2 aromatic carbocycles. The van der Waals surface area contributed by atoms with E-state index in [1.54, 1.807) is 12.1 Å². The fraction of sp³-hybridized carbons (Fsp3) is 0.333. The molecule has 0 aliphatic carbocycles. The van der Waals surface area contributed by atoms with Crippen molar-refractivity contribution in [3.8, 4) is 11.5 Å². The number of nitrogens with zero attached hydrogens (tertiary/aromatic N) is 1. The predicted octanol–water partition coefficient (Wildman–Crippen LogP) is 2.80. The van der Waals surface area contributed by atoms with Crippen LogP contribution in [0.15, 0.2) is 36.4 Å². The minimum Gasteiger partial charge on any atom is -0.504 e. The first-order valence-electron chi connectivity index (χ1n) is 7.58. The summed E-state index contributed by atoms with van der Waals surface area (Å²) in [6.07, 6.45) is 3.01. The molecule has 0 bridgehead atoms. The second-order valence-corrected chi connectivity index (χ2v) is 6.06. The molecule has 0 fully saturated rings. The van der Waals surface area contributed by atoms with Gasteiger partial charge in [-0.05, 0) is 53.6 Å². The Morgan fingerprint density at radius 2 is 1.52 bits per heavy atom. The van der Waals surface area contributed by atoms with Crippen LogP contribution in [0.25, 0.3) is 0 Å². The SMILES string of the molecule is Oc1cc2c(cc1O)C1Cc3ccccc3CCN1CC2. The van der Waals surface area contributed by atoms with Gasteiger partial charge in [-0.15, -0.1) is 0 Å². The molecule has 0 aromatic heterocycles. The fourth-order valence-electron chi connectivity index (χ4n) is 3.76. The second-order valence-electron chi connectivity index (χ2n) is 6.06. The largest absolute Gasteiger partial charge is 0.504 e. The molecule has 0 radical (unpaired) electrons. The van der Waals surface area contributed by atoms with Gasteiger partial charge in [0.25, 0.3) is 0 Å². The van der Waals surface area contributed by atoms with Crippen molar-refractivity contribution in [2.45, 2.75) is 25.3 Å². The van der Waals surface area contributed by atoms with E-state index in [-0.39, 0.29) is 11.5 Å². The summed E-state index contributed by atoms with van der Waals surface area (Å²) in [5.41, 5.74) is 5.20. The Labute approximate surface area is 124 Å². The lowest BCUT2D eigenvalue weighted by atomic mass is 9.88. The Morgan fingerprint density at radius 1 is 0.857 bits per heavy atom. The van der Waals surface area contributed by atoms with Gasteiger partial charge in [-0.2, -0.15) is 0 Å². The van der Waals surface area contributed by atoms with Crippen LogP contribution >= 0.6 is 0 Å². The quantitative estimate of drug-likeness (QED) is 0.730. The molecule has 4 rings (SSSR count). The minimum absolute atomic E-state index is 0.00350. The highest BCUT2D eigenvalue weighted by molar-refractivity contribution is 5.48. The van der Waals surface area contributed by atoms with Crippen LogP contribution in [0.4, 0.5) is 0 Å². The van der Waals surface area contributed by atoms with Gasteiger partial charge in [-0.3, -0.25) is 4.90 Å². The number of benzene rings is 2. The van der Waals surface area contributed by atoms with Gasteiger partial charge in [0.2, 0.25) is 0 Å². The molecule has 21 heavy (non-hydrogen) atoms. The molecule has 2 aromatic rings. The van der Waals surface area contributed by atoms with Gasteiger partial charge in [-0.1, -0.05) is 24.3 Å². The summed E-state index contributed by atoms with van der Waals surface area (Å²) in [4.78, 5) is 2.51. The molecule has 0 saturated carbocycles. The highest BCUT2D eigenvalue weighted by Gasteiger charge is 2.30. The Kier molecular flexibility index (Phi) is 2.89. The number of phenols is 2. The molecule has 2 heterocycles. The van der Waals surface area contributed by atoms with E-state index in [9.17, 15) is 10.2 Å². The summed E-state index contributed by atoms with van der Waals surface area (Å²) >= 11 is 0. The standard InChI is InChI=1S/C18H19NO2/c20-17-10-14-6-8-19-7-5-12-3-1-2-4-13(12)9-16(19)15(14)11-18(17)21/h1-4,10-11,16,20-21H,5-9H2. The molecule has 1 atom stereocenters. The number of hydrogen-bond donors (Lipinski definition) is 2. The Balaban J connectivity index is 1.79. The van der Waals surface area contributed by atoms with Crippen LogP contribution in [-0.4, -0.2) is 28.2 Å². The smallest absolute Gasteiger partial charge is 0.157 e. The summed E-state index contributed by atoms with van der Waals surface area (Å²) in [6.45, 7) is 2.08. The van der Waals surface area contributed by atoms with Crippen molar-refractivity contribution in [2.75, 3.05) is 13.1 Å². The highest BCUT2D eigenvalue weighted by atomic mass is 16.3. The van der Waals surface area contributed by atoms with Crippen molar-refractivity contribution < 1.29 is 10.2 Å². The monoisotopic (exact) mass is 281 g/mol. The van der Waals surface area contributed by atoms with Crippen LogP contribution in [0.2, 0.25) is 0 Å². The van der Waals surface area contributed by atoms with E-state index < -0.39 is 0 Å². The van der Waals surface area contributed by atoms with E-state index in [1.165, 1.54) is 22.3 Å². The molecule has 3 nitrogen and oxygen atoms in total. The van der Waals surface area contributed by atoms with Crippen molar-refractivity contribution in [1.29, 1.82) is 0 Å². The molecule has 2 aliphatic heterocycles. The average Bonchev–Trinajstić information content (AvgIpc) is 2.68. The van der Waals surface area contributed by atoms with Gasteiger partial charge in [0.15, 0.2) is 11.5 Å². The first-order chi connectivity index (χ1) is 10.2. The van der Waals surface area contributed by atoms with E-state index in [0.717, 1.165) is 32.4 Å². The zero-order valence-electron chi connectivity index (χ0n) is 11.9. The number of hydrogen-bond acceptors (Lipinski definition) is 3. The maximum absolute atomic E-state index is 9.86. The lowest BCUT2D eigenvalue weighted by molar-refractivity contribution is 0.191. The van der Waals surface area contributed by atoms with Crippen molar-refractivity contribution in [3.63, 3.8) is 0 Å². The Bertz CT molecular complexity index is 696. The van der Waals surface area contributed by atoms with Crippen molar-refractivity contribution in [1.82, 2.24) is 4.90 Å². The zero-order chi connectivity index (χ0) is 14.4. The molecule has 0 spiro atoms. The van der Waals surface area contributed by atoms with Gasteiger partial charge >= 0.3 is 0 Å². The van der Waals surface area contributed by atoms with Crippen LogP contribution in [0.5, 0.6) is 11.5 Å². The summed E-state index contributed by atoms with van der Waals surface area (Å²) in [6, 6.07) is 12.5. The van der Waals surface area contributed by atoms with Gasteiger partial charge in [0, 0.05) is 19.1 Å². The van der Waals surface area contributed by atoms with Gasteiger partial charge in [-0.25, -0.2) is 0 Å². The molecule has 108 valence electrons. The zero-order valence-corrected chi connectivity index (χ0v) is 11.9. The van der Waals surface area contributed by atoms with Crippen LogP contribution in [0, 0.1) is 0 Å². The summed E-state index contributed by atoms with van der Waals surface area (Å²) in [5, 5.41) is 19.6. The van der Waals surface area contributed by atoms with Crippen LogP contribution in [0.1, 0.15) is 28.3 Å². The molecule has 1 unspecified atom stereocenters. The van der Waals surface area contributed by atoms with E-state index in [4.69, 9.17) is 0 Å². The molecule has 3 heteroatoms. The van der Waals surface area contributed by atoms with Crippen LogP contribution in [0.3, 0.4) is 0 Å². The maximum atomic E-state index is 9.86. The molecule has 0 amide bonds. The number of aromatic hydroxyl groups is 2. The minimum atomic E-state index is -0.00636. The van der Waals surface area contributed by atoms with Crippen molar-refractivity contribution in [2.24, 2.45) is 0 Å². The molecule has 2 N–H and O–H groups in total. The Morgan fingerprint density at radius 3 is 2.33 bits per heavy atom. The lowest BCUT2D eigenvalue weighted by Gasteiger charge is -2.36. The van der Waals surface area contributed by atoms with E-state index in [1.807, 2.05) is 0 Å². The van der Waals surface area contributed by atoms with Gasteiger partial charge < -0.3 is 10.2 Å². The molecular formula is C18H19NO2. The first kappa shape index (κ1) is 12.7. The maximum Gasteiger partial charge on any atom is 0.157 e. The number of fused-ring (bicyclic) bond motifs is 4. The lowest BCUT2D eigenvalue weighted by Crippen LogP contribution is -2.36. The van der Waals surface area contributed by atoms with Crippen LogP contribution < -0.4 is 0 Å². The second kappa shape index (κ2) is 4.78. The Hall–Kier alpha value is -2.00. The van der Waals surface area contributed by atoms with Crippen LogP contribution in [-0.2, 0) is 19.3 Å². The molecular weight excluding hydrogens is 262 g/mol. The van der Waals surface area contributed by atoms with E-state index in [2.05, 4.69) is 29.2 Å². The third-order valence-electron chi connectivity index (χ3n) is 4.90. The number of rotatable bonds is 0. The normalized spacial score (nSPS) is 21.0. The average molecular weight is 281 g/mol.